The number of rotatable bonds is 9. The van der Waals surface area contributed by atoms with Gasteiger partial charge in [0.2, 0.25) is 5.13 Å². The molecular formula is C21H20IN3O2S. The van der Waals surface area contributed by atoms with Gasteiger partial charge in [0.25, 0.3) is 0 Å². The van der Waals surface area contributed by atoms with Crippen LogP contribution in [0.1, 0.15) is 12.5 Å². The van der Waals surface area contributed by atoms with E-state index in [1.807, 2.05) is 54.8 Å². The Balaban J connectivity index is 1.72. The Labute approximate surface area is 182 Å². The molecule has 0 saturated heterocycles. The standard InChI is InChI=1S/C21H20IN3O2S/c1-3-10-27-20-17(22)11-15(12-19(20)26-4-2)13-23-25-21-24-18(14-28-21)16-8-6-5-7-9-16/h3,5-9,11-14H,1,4,10H2,2H3,(H,24,25). The van der Waals surface area contributed by atoms with Crippen LogP contribution in [0.15, 0.2) is 65.6 Å². The van der Waals surface area contributed by atoms with Gasteiger partial charge < -0.3 is 9.47 Å². The van der Waals surface area contributed by atoms with Gasteiger partial charge in [-0.3, -0.25) is 5.43 Å². The molecule has 1 heterocycles. The third kappa shape index (κ3) is 5.32. The van der Waals surface area contributed by atoms with Gasteiger partial charge in [-0.2, -0.15) is 5.10 Å². The van der Waals surface area contributed by atoms with Gasteiger partial charge in [-0.05, 0) is 47.2 Å². The van der Waals surface area contributed by atoms with Gasteiger partial charge in [0.1, 0.15) is 6.61 Å². The average Bonchev–Trinajstić information content (AvgIpc) is 3.17. The number of hydrogen-bond acceptors (Lipinski definition) is 6. The fourth-order valence-electron chi connectivity index (χ4n) is 2.44. The van der Waals surface area contributed by atoms with Gasteiger partial charge >= 0.3 is 0 Å². The van der Waals surface area contributed by atoms with Crippen molar-refractivity contribution in [1.82, 2.24) is 4.98 Å². The number of thiazole rings is 1. The van der Waals surface area contributed by atoms with Gasteiger partial charge in [-0.15, -0.1) is 11.3 Å². The predicted octanol–water partition coefficient (Wildman–Crippen LogP) is 5.82. The van der Waals surface area contributed by atoms with Crippen LogP contribution in [0.5, 0.6) is 11.5 Å². The molecule has 0 saturated carbocycles. The molecule has 0 radical (unpaired) electrons. The molecule has 0 fully saturated rings. The highest BCUT2D eigenvalue weighted by Gasteiger charge is 2.11. The number of hydrogen-bond donors (Lipinski definition) is 1. The van der Waals surface area contributed by atoms with Gasteiger partial charge in [-0.25, -0.2) is 4.98 Å². The number of ether oxygens (including phenoxy) is 2. The van der Waals surface area contributed by atoms with Gasteiger partial charge in [0.05, 0.1) is 22.1 Å². The van der Waals surface area contributed by atoms with E-state index in [1.165, 1.54) is 11.3 Å². The van der Waals surface area contributed by atoms with E-state index < -0.39 is 0 Å². The molecule has 0 spiro atoms. The summed E-state index contributed by atoms with van der Waals surface area (Å²) in [5.74, 6) is 1.41. The van der Waals surface area contributed by atoms with Crippen LogP contribution in [0.4, 0.5) is 5.13 Å². The molecule has 28 heavy (non-hydrogen) atoms. The number of aromatic nitrogens is 1. The monoisotopic (exact) mass is 505 g/mol. The summed E-state index contributed by atoms with van der Waals surface area (Å²) in [6, 6.07) is 14.0. The molecule has 0 aliphatic rings. The minimum Gasteiger partial charge on any atom is -0.490 e. The van der Waals surface area contributed by atoms with Crippen LogP contribution in [0.2, 0.25) is 0 Å². The summed E-state index contributed by atoms with van der Waals surface area (Å²) in [4.78, 5) is 4.56. The Morgan fingerprint density at radius 3 is 2.82 bits per heavy atom. The molecule has 0 amide bonds. The molecule has 0 aliphatic carbocycles. The molecule has 144 valence electrons. The van der Waals surface area contributed by atoms with Crippen molar-refractivity contribution in [2.24, 2.45) is 5.10 Å². The maximum absolute atomic E-state index is 5.72. The zero-order valence-electron chi connectivity index (χ0n) is 15.4. The summed E-state index contributed by atoms with van der Waals surface area (Å²) in [7, 11) is 0. The quantitative estimate of drug-likeness (QED) is 0.172. The maximum atomic E-state index is 5.72. The molecule has 5 nitrogen and oxygen atoms in total. The lowest BCUT2D eigenvalue weighted by atomic mass is 10.2. The Morgan fingerprint density at radius 1 is 1.25 bits per heavy atom. The number of nitrogens with zero attached hydrogens (tertiary/aromatic N) is 2. The molecule has 3 rings (SSSR count). The Bertz CT molecular complexity index is 958. The van der Waals surface area contributed by atoms with Crippen LogP contribution in [0.25, 0.3) is 11.3 Å². The summed E-state index contributed by atoms with van der Waals surface area (Å²) in [5.41, 5.74) is 5.92. The largest absolute Gasteiger partial charge is 0.490 e. The van der Waals surface area contributed by atoms with Crippen molar-refractivity contribution in [2.75, 3.05) is 18.6 Å². The molecular weight excluding hydrogens is 485 g/mol. The lowest BCUT2D eigenvalue weighted by Crippen LogP contribution is -2.02. The second-order valence-electron chi connectivity index (χ2n) is 5.64. The second-order valence-corrected chi connectivity index (χ2v) is 7.66. The minimum atomic E-state index is 0.429. The van der Waals surface area contributed by atoms with Crippen LogP contribution in [0, 0.1) is 3.57 Å². The van der Waals surface area contributed by atoms with Crippen molar-refractivity contribution >= 4 is 45.3 Å². The summed E-state index contributed by atoms with van der Waals surface area (Å²) < 4.78 is 12.4. The first-order valence-corrected chi connectivity index (χ1v) is 10.7. The Morgan fingerprint density at radius 2 is 2.07 bits per heavy atom. The fraction of sp³-hybridized carbons (Fsp3) is 0.143. The molecule has 2 aromatic carbocycles. The molecule has 0 aliphatic heterocycles. The first kappa shape index (κ1) is 20.3. The van der Waals surface area contributed by atoms with Crippen molar-refractivity contribution in [3.63, 3.8) is 0 Å². The van der Waals surface area contributed by atoms with Crippen LogP contribution >= 0.6 is 33.9 Å². The summed E-state index contributed by atoms with van der Waals surface area (Å²) in [6.07, 6.45) is 3.45. The van der Waals surface area contributed by atoms with Crippen LogP contribution in [-0.4, -0.2) is 24.4 Å². The normalized spacial score (nSPS) is 10.8. The van der Waals surface area contributed by atoms with E-state index in [-0.39, 0.29) is 0 Å². The predicted molar refractivity (Wildman–Crippen MR) is 125 cm³/mol. The van der Waals surface area contributed by atoms with Gasteiger partial charge in [-0.1, -0.05) is 43.0 Å². The molecule has 0 bridgehead atoms. The maximum Gasteiger partial charge on any atom is 0.203 e. The van der Waals surface area contributed by atoms with Crippen LogP contribution < -0.4 is 14.9 Å². The third-order valence-corrected chi connectivity index (χ3v) is 5.17. The highest BCUT2D eigenvalue weighted by Crippen LogP contribution is 2.34. The molecule has 3 aromatic rings. The third-order valence-electron chi connectivity index (χ3n) is 3.62. The molecule has 7 heteroatoms. The van der Waals surface area contributed by atoms with Crippen molar-refractivity contribution in [1.29, 1.82) is 0 Å². The van der Waals surface area contributed by atoms with Crippen molar-refractivity contribution in [3.05, 3.63) is 69.6 Å². The highest BCUT2D eigenvalue weighted by molar-refractivity contribution is 14.1. The first-order chi connectivity index (χ1) is 13.7. The van der Waals surface area contributed by atoms with E-state index in [2.05, 4.69) is 44.7 Å². The number of nitrogens with one attached hydrogen (secondary N) is 1. The average molecular weight is 505 g/mol. The molecule has 0 atom stereocenters. The zero-order valence-corrected chi connectivity index (χ0v) is 18.4. The number of hydrazone groups is 1. The van der Waals surface area contributed by atoms with Crippen LogP contribution in [-0.2, 0) is 0 Å². The zero-order chi connectivity index (χ0) is 19.8. The number of anilines is 1. The van der Waals surface area contributed by atoms with E-state index in [1.54, 1.807) is 12.3 Å². The summed E-state index contributed by atoms with van der Waals surface area (Å²) in [5, 5.41) is 7.06. The van der Waals surface area contributed by atoms with Crippen LogP contribution in [0.3, 0.4) is 0 Å². The second kappa shape index (κ2) is 10.2. The highest BCUT2D eigenvalue weighted by atomic mass is 127. The van der Waals surface area contributed by atoms with Crippen molar-refractivity contribution in [2.45, 2.75) is 6.92 Å². The van der Waals surface area contributed by atoms with Crippen molar-refractivity contribution < 1.29 is 9.47 Å². The number of halogens is 1. The SMILES string of the molecule is C=CCOc1c(I)cc(C=NNc2nc(-c3ccccc3)cs2)cc1OCC. The smallest absolute Gasteiger partial charge is 0.203 e. The summed E-state index contributed by atoms with van der Waals surface area (Å²) in [6.45, 7) is 6.62. The van der Waals surface area contributed by atoms with E-state index in [0.29, 0.717) is 19.0 Å². The first-order valence-electron chi connectivity index (χ1n) is 8.71. The van der Waals surface area contributed by atoms with Crippen molar-refractivity contribution in [3.8, 4) is 22.8 Å². The molecule has 1 aromatic heterocycles. The fourth-order valence-corrected chi connectivity index (χ4v) is 3.89. The van der Waals surface area contributed by atoms with E-state index in [4.69, 9.17) is 9.47 Å². The molecule has 0 unspecified atom stereocenters. The lowest BCUT2D eigenvalue weighted by molar-refractivity contribution is 0.295. The van der Waals surface area contributed by atoms with Gasteiger partial charge in [0.15, 0.2) is 11.5 Å². The van der Waals surface area contributed by atoms with E-state index >= 15 is 0 Å². The Kier molecular flexibility index (Phi) is 7.44. The summed E-state index contributed by atoms with van der Waals surface area (Å²) >= 11 is 3.75. The van der Waals surface area contributed by atoms with E-state index in [9.17, 15) is 0 Å². The Hall–Kier alpha value is -2.39. The lowest BCUT2D eigenvalue weighted by Gasteiger charge is -2.13. The van der Waals surface area contributed by atoms with Gasteiger partial charge in [0, 0.05) is 10.9 Å². The van der Waals surface area contributed by atoms with E-state index in [0.717, 1.165) is 31.3 Å². The topological polar surface area (TPSA) is 55.7 Å². The molecule has 1 N–H and O–H groups in total. The minimum absolute atomic E-state index is 0.429. The number of benzene rings is 2.